The maximum absolute atomic E-state index is 13.9. The van der Waals surface area contributed by atoms with E-state index in [9.17, 15) is 15.0 Å². The molecular weight excluding hydrogens is 378 g/mol. The van der Waals surface area contributed by atoms with Gasteiger partial charge in [0.2, 0.25) is 0 Å². The fourth-order valence-electron chi connectivity index (χ4n) is 7.82. The third-order valence-corrected chi connectivity index (χ3v) is 9.05. The van der Waals surface area contributed by atoms with Crippen LogP contribution in [0.3, 0.4) is 0 Å². The number of rotatable bonds is 0. The lowest BCUT2D eigenvalue weighted by molar-refractivity contribution is -0.221. The summed E-state index contributed by atoms with van der Waals surface area (Å²) in [6.07, 6.45) is 2.04. The zero-order valence-corrected chi connectivity index (χ0v) is 17.0. The molecule has 7 rings (SSSR count). The van der Waals surface area contributed by atoms with Crippen molar-refractivity contribution < 1.29 is 19.7 Å². The summed E-state index contributed by atoms with van der Waals surface area (Å²) < 4.78 is 6.28. The molecule has 0 aromatic heterocycles. The van der Waals surface area contributed by atoms with Gasteiger partial charge in [0.15, 0.2) is 23.4 Å². The molecule has 6 atom stereocenters. The Hall–Kier alpha value is -2.37. The zero-order valence-electron chi connectivity index (χ0n) is 17.0. The van der Waals surface area contributed by atoms with Crippen molar-refractivity contribution in [1.82, 2.24) is 4.90 Å². The molecule has 2 aromatic carbocycles. The number of carbonyl (C=O) groups excluding carboxylic acids is 1. The van der Waals surface area contributed by atoms with Gasteiger partial charge in [-0.25, -0.2) is 0 Å². The third kappa shape index (κ3) is 1.67. The minimum atomic E-state index is -1.07. The van der Waals surface area contributed by atoms with Crippen molar-refractivity contribution in [2.45, 2.75) is 48.8 Å². The van der Waals surface area contributed by atoms with Crippen LogP contribution in [0.25, 0.3) is 0 Å². The molecule has 1 saturated heterocycles. The Morgan fingerprint density at radius 2 is 1.83 bits per heavy atom. The van der Waals surface area contributed by atoms with Gasteiger partial charge in [-0.05, 0) is 62.0 Å². The van der Waals surface area contributed by atoms with Crippen molar-refractivity contribution in [3.8, 4) is 11.5 Å². The van der Waals surface area contributed by atoms with E-state index in [0.717, 1.165) is 17.7 Å². The summed E-state index contributed by atoms with van der Waals surface area (Å²) in [5, 5.41) is 23.4. The number of ether oxygens (including phenoxy) is 1. The summed E-state index contributed by atoms with van der Waals surface area (Å²) in [5.74, 6) is 0.217. The lowest BCUT2D eigenvalue weighted by atomic mass is 9.42. The number of ketones is 1. The van der Waals surface area contributed by atoms with Crippen LogP contribution in [-0.4, -0.2) is 52.2 Å². The van der Waals surface area contributed by atoms with Crippen LogP contribution in [0.5, 0.6) is 11.5 Å². The maximum Gasteiger partial charge on any atom is 0.178 e. The number of fused-ring (bicyclic) bond motifs is 2. The highest BCUT2D eigenvalue weighted by Gasteiger charge is 2.77. The highest BCUT2D eigenvalue weighted by molar-refractivity contribution is 5.93. The van der Waals surface area contributed by atoms with Crippen LogP contribution in [0.15, 0.2) is 36.4 Å². The van der Waals surface area contributed by atoms with E-state index in [1.807, 2.05) is 18.2 Å². The Balaban J connectivity index is 1.53. The second-order valence-corrected chi connectivity index (χ2v) is 9.99. The van der Waals surface area contributed by atoms with Gasteiger partial charge < -0.3 is 19.8 Å². The first kappa shape index (κ1) is 17.3. The van der Waals surface area contributed by atoms with Gasteiger partial charge in [0, 0.05) is 23.4 Å². The molecule has 3 aliphatic carbocycles. The predicted molar refractivity (Wildman–Crippen MR) is 110 cm³/mol. The highest BCUT2D eigenvalue weighted by Crippen LogP contribution is 2.67. The lowest BCUT2D eigenvalue weighted by Crippen LogP contribution is -2.81. The number of phenols is 1. The number of hydrogen-bond acceptors (Lipinski definition) is 5. The Morgan fingerprint density at radius 1 is 1.07 bits per heavy atom. The van der Waals surface area contributed by atoms with Crippen LogP contribution in [0, 0.1) is 11.8 Å². The highest BCUT2D eigenvalue weighted by atomic mass is 16.5. The molecule has 0 amide bonds. The second-order valence-electron chi connectivity index (χ2n) is 9.99. The summed E-state index contributed by atoms with van der Waals surface area (Å²) >= 11 is 0. The van der Waals surface area contributed by atoms with E-state index < -0.39 is 17.1 Å². The molecule has 154 valence electrons. The van der Waals surface area contributed by atoms with Gasteiger partial charge in [-0.1, -0.05) is 30.3 Å². The van der Waals surface area contributed by atoms with Crippen molar-refractivity contribution in [1.29, 1.82) is 0 Å². The third-order valence-electron chi connectivity index (χ3n) is 9.05. The van der Waals surface area contributed by atoms with Gasteiger partial charge in [0.25, 0.3) is 0 Å². The molecule has 2 fully saturated rings. The van der Waals surface area contributed by atoms with E-state index in [1.165, 1.54) is 11.1 Å². The van der Waals surface area contributed by atoms with Crippen LogP contribution in [0.4, 0.5) is 0 Å². The molecule has 2 N–H and O–H groups in total. The van der Waals surface area contributed by atoms with Crippen LogP contribution in [0.1, 0.15) is 28.7 Å². The molecule has 2 aliphatic heterocycles. The number of likely N-dealkylation sites (N-methyl/N-ethyl adjacent to an activating group) is 1. The quantitative estimate of drug-likeness (QED) is 0.704. The van der Waals surface area contributed by atoms with Gasteiger partial charge in [-0.2, -0.15) is 0 Å². The number of likely N-dealkylation sites (tertiary alicyclic amines) is 1. The molecular formula is C25H25NO4. The van der Waals surface area contributed by atoms with Crippen LogP contribution in [0.2, 0.25) is 0 Å². The van der Waals surface area contributed by atoms with Gasteiger partial charge in [-0.15, -0.1) is 0 Å². The van der Waals surface area contributed by atoms with E-state index in [-0.39, 0.29) is 29.4 Å². The minimum absolute atomic E-state index is 0.0637. The molecule has 5 nitrogen and oxygen atoms in total. The first-order chi connectivity index (χ1) is 14.5. The molecule has 1 spiro atoms. The number of aliphatic hydroxyl groups is 1. The van der Waals surface area contributed by atoms with E-state index >= 15 is 0 Å². The van der Waals surface area contributed by atoms with E-state index in [1.54, 1.807) is 6.07 Å². The Labute approximate surface area is 175 Å². The Kier molecular flexibility index (Phi) is 3.04. The molecule has 5 aliphatic rings. The number of hydrogen-bond donors (Lipinski definition) is 2. The summed E-state index contributed by atoms with van der Waals surface area (Å²) in [7, 11) is 2.09. The summed E-state index contributed by atoms with van der Waals surface area (Å²) in [6.45, 7) is 0.808. The number of nitrogens with zero attached hydrogens (tertiary/aromatic N) is 1. The predicted octanol–water partition coefficient (Wildman–Crippen LogP) is 2.00. The number of benzene rings is 2. The fourth-order valence-corrected chi connectivity index (χ4v) is 7.82. The number of aromatic hydroxyl groups is 1. The molecule has 2 bridgehead atoms. The fraction of sp³-hybridized carbons (Fsp3) is 0.480. The number of phenolic OH excluding ortho intramolecular Hbond substituents is 1. The average molecular weight is 403 g/mol. The van der Waals surface area contributed by atoms with Crippen molar-refractivity contribution in [3.63, 3.8) is 0 Å². The van der Waals surface area contributed by atoms with Crippen LogP contribution in [-0.2, 0) is 29.5 Å². The number of carbonyl (C=O) groups is 1. The molecule has 5 heteroatoms. The Bertz CT molecular complexity index is 1130. The second kappa shape index (κ2) is 5.27. The molecule has 1 saturated carbocycles. The van der Waals surface area contributed by atoms with Gasteiger partial charge >= 0.3 is 0 Å². The van der Waals surface area contributed by atoms with Gasteiger partial charge in [0.1, 0.15) is 0 Å². The standard InChI is InChI=1S/C25H25NO4/c1-26-9-8-24-20-15-6-7-18(27)22(20)30-23(24)21(28)16-10-13-4-2-3-5-14(13)11-17(16)25(24,29)19(26)12-15/h2-7,16-17,19,23,27,29H,8-12H2,1H3/t16?,17?,19?,23?,24-,25+/m0/s1. The van der Waals surface area contributed by atoms with E-state index in [2.05, 4.69) is 24.1 Å². The molecule has 2 aromatic rings. The Morgan fingerprint density at radius 3 is 2.63 bits per heavy atom. The SMILES string of the molecule is CN1CC[C@]23c4c5ccc(O)c4OC2C(=O)C2Cc4ccccc4CC2[C@@]3(O)C1C5. The molecule has 2 heterocycles. The smallest absolute Gasteiger partial charge is 0.178 e. The van der Waals surface area contributed by atoms with Crippen molar-refractivity contribution in [2.75, 3.05) is 13.6 Å². The zero-order chi connectivity index (χ0) is 20.4. The summed E-state index contributed by atoms with van der Waals surface area (Å²) in [5.41, 5.74) is 2.63. The summed E-state index contributed by atoms with van der Waals surface area (Å²) in [6, 6.07) is 11.9. The number of piperidine rings is 1. The van der Waals surface area contributed by atoms with Crippen molar-refractivity contribution in [2.24, 2.45) is 11.8 Å². The first-order valence-corrected chi connectivity index (χ1v) is 11.0. The van der Waals surface area contributed by atoms with Crippen molar-refractivity contribution in [3.05, 3.63) is 58.7 Å². The van der Waals surface area contributed by atoms with Gasteiger partial charge in [0.05, 0.1) is 11.0 Å². The normalized spacial score (nSPS) is 40.3. The average Bonchev–Trinajstić information content (AvgIpc) is 3.11. The van der Waals surface area contributed by atoms with Crippen LogP contribution < -0.4 is 4.74 Å². The molecule has 0 radical (unpaired) electrons. The topological polar surface area (TPSA) is 70.0 Å². The minimum Gasteiger partial charge on any atom is -0.504 e. The monoisotopic (exact) mass is 403 g/mol. The lowest BCUT2D eigenvalue weighted by Gasteiger charge is -2.66. The summed E-state index contributed by atoms with van der Waals surface area (Å²) in [4.78, 5) is 16.2. The first-order valence-electron chi connectivity index (χ1n) is 11.0. The maximum atomic E-state index is 13.9. The van der Waals surface area contributed by atoms with Crippen LogP contribution >= 0.6 is 0 Å². The van der Waals surface area contributed by atoms with E-state index in [4.69, 9.17) is 4.74 Å². The molecule has 4 unspecified atom stereocenters. The van der Waals surface area contributed by atoms with Gasteiger partial charge in [-0.3, -0.25) is 4.79 Å². The van der Waals surface area contributed by atoms with E-state index in [0.29, 0.717) is 31.4 Å². The van der Waals surface area contributed by atoms with Crippen molar-refractivity contribution >= 4 is 5.78 Å². The molecule has 30 heavy (non-hydrogen) atoms. The largest absolute Gasteiger partial charge is 0.504 e. The number of Topliss-reactive ketones (excluding diaryl/α,β-unsaturated/α-hetero) is 1.